The third kappa shape index (κ3) is 4.73. The van der Waals surface area contributed by atoms with Crippen LogP contribution in [0.2, 0.25) is 0 Å². The molecule has 0 radical (unpaired) electrons. The molecule has 0 aliphatic carbocycles. The fourth-order valence-corrected chi connectivity index (χ4v) is 2.78. The van der Waals surface area contributed by atoms with E-state index >= 15 is 0 Å². The molecule has 0 saturated carbocycles. The zero-order valence-electron chi connectivity index (χ0n) is 15.4. The zero-order chi connectivity index (χ0) is 19.9. The van der Waals surface area contributed by atoms with Gasteiger partial charge in [0.1, 0.15) is 12.4 Å². The molecule has 0 saturated heterocycles. The second-order valence-electron chi connectivity index (χ2n) is 6.31. The Bertz CT molecular complexity index is 970. The van der Waals surface area contributed by atoms with Crippen LogP contribution in [0.3, 0.4) is 0 Å². The molecule has 0 aromatic heterocycles. The summed E-state index contributed by atoms with van der Waals surface area (Å²) >= 11 is 0. The molecule has 3 aromatic carbocycles. The number of nitro groups is 1. The van der Waals surface area contributed by atoms with Gasteiger partial charge in [-0.2, -0.15) is 0 Å². The average molecular weight is 376 g/mol. The Hall–Kier alpha value is -3.67. The van der Waals surface area contributed by atoms with Gasteiger partial charge in [-0.05, 0) is 36.2 Å². The summed E-state index contributed by atoms with van der Waals surface area (Å²) in [7, 11) is 0. The van der Waals surface area contributed by atoms with Crippen molar-refractivity contribution in [2.24, 2.45) is 0 Å². The van der Waals surface area contributed by atoms with Gasteiger partial charge in [-0.1, -0.05) is 48.5 Å². The minimum atomic E-state index is -0.484. The Morgan fingerprint density at radius 3 is 2.32 bits per heavy atom. The molecule has 0 unspecified atom stereocenters. The monoisotopic (exact) mass is 376 g/mol. The van der Waals surface area contributed by atoms with Crippen molar-refractivity contribution in [1.82, 2.24) is 5.32 Å². The van der Waals surface area contributed by atoms with Gasteiger partial charge in [0, 0.05) is 23.7 Å². The molecule has 0 heterocycles. The Labute approximate surface area is 162 Å². The van der Waals surface area contributed by atoms with Crippen LogP contribution in [0.1, 0.15) is 27.0 Å². The van der Waals surface area contributed by atoms with Crippen LogP contribution in [-0.4, -0.2) is 10.8 Å². The van der Waals surface area contributed by atoms with E-state index in [1.165, 1.54) is 12.1 Å². The first-order valence-electron chi connectivity index (χ1n) is 8.82. The lowest BCUT2D eigenvalue weighted by molar-refractivity contribution is -0.385. The number of hydrogen-bond donors (Lipinski definition) is 1. The molecule has 0 fully saturated rings. The van der Waals surface area contributed by atoms with Gasteiger partial charge in [-0.25, -0.2) is 0 Å². The minimum Gasteiger partial charge on any atom is -0.489 e. The summed E-state index contributed by atoms with van der Waals surface area (Å²) in [5.74, 6) is 0.476. The molecule has 142 valence electrons. The number of carbonyl (C=O) groups excluding carboxylic acids is 1. The Morgan fingerprint density at radius 2 is 1.64 bits per heavy atom. The summed E-state index contributed by atoms with van der Waals surface area (Å²) in [4.78, 5) is 22.9. The molecule has 1 amide bonds. The van der Waals surface area contributed by atoms with E-state index in [9.17, 15) is 14.9 Å². The normalized spacial score (nSPS) is 10.3. The van der Waals surface area contributed by atoms with Crippen molar-refractivity contribution in [2.45, 2.75) is 20.1 Å². The summed E-state index contributed by atoms with van der Waals surface area (Å²) in [6.45, 7) is 2.37. The van der Waals surface area contributed by atoms with Crippen molar-refractivity contribution in [3.05, 3.63) is 105 Å². The van der Waals surface area contributed by atoms with Gasteiger partial charge in [0.05, 0.1) is 4.92 Å². The maximum Gasteiger partial charge on any atom is 0.273 e. The number of amides is 1. The summed E-state index contributed by atoms with van der Waals surface area (Å²) in [5.41, 5.74) is 2.56. The smallest absolute Gasteiger partial charge is 0.273 e. The van der Waals surface area contributed by atoms with Crippen LogP contribution in [0.25, 0.3) is 0 Å². The molecular formula is C22H20N2O4. The van der Waals surface area contributed by atoms with E-state index in [1.54, 1.807) is 13.0 Å². The summed E-state index contributed by atoms with van der Waals surface area (Å²) in [5, 5.41) is 13.8. The third-order valence-corrected chi connectivity index (χ3v) is 4.37. The number of nitrogens with zero attached hydrogens (tertiary/aromatic N) is 1. The number of para-hydroxylation sites is 1. The number of rotatable bonds is 7. The number of hydrogen-bond acceptors (Lipinski definition) is 4. The highest BCUT2D eigenvalue weighted by Crippen LogP contribution is 2.21. The maximum atomic E-state index is 12.4. The largest absolute Gasteiger partial charge is 0.489 e. The molecule has 0 atom stereocenters. The fourth-order valence-electron chi connectivity index (χ4n) is 2.78. The quantitative estimate of drug-likeness (QED) is 0.489. The van der Waals surface area contributed by atoms with E-state index < -0.39 is 4.92 Å². The standard InChI is InChI=1S/C22H20N2O4/c1-16-20(8-5-9-21(16)24(26)27)22(25)23-14-17-10-12-18(13-11-17)15-28-19-6-3-2-4-7-19/h2-13H,14-15H2,1H3,(H,23,25). The molecule has 1 N–H and O–H groups in total. The van der Waals surface area contributed by atoms with E-state index in [-0.39, 0.29) is 11.6 Å². The Kier molecular flexibility index (Phi) is 6.01. The second-order valence-corrected chi connectivity index (χ2v) is 6.31. The molecule has 3 aromatic rings. The second kappa shape index (κ2) is 8.81. The van der Waals surface area contributed by atoms with Crippen LogP contribution in [-0.2, 0) is 13.2 Å². The van der Waals surface area contributed by atoms with Crippen molar-refractivity contribution >= 4 is 11.6 Å². The van der Waals surface area contributed by atoms with Crippen LogP contribution >= 0.6 is 0 Å². The summed E-state index contributed by atoms with van der Waals surface area (Å²) in [6, 6.07) is 21.8. The van der Waals surface area contributed by atoms with Gasteiger partial charge in [0.15, 0.2) is 0 Å². The topological polar surface area (TPSA) is 81.5 Å². The van der Waals surface area contributed by atoms with Gasteiger partial charge in [-0.3, -0.25) is 14.9 Å². The molecule has 28 heavy (non-hydrogen) atoms. The predicted molar refractivity (Wildman–Crippen MR) is 106 cm³/mol. The van der Waals surface area contributed by atoms with Crippen LogP contribution < -0.4 is 10.1 Å². The minimum absolute atomic E-state index is 0.0598. The van der Waals surface area contributed by atoms with Crippen LogP contribution in [0, 0.1) is 17.0 Å². The highest BCUT2D eigenvalue weighted by molar-refractivity contribution is 5.96. The van der Waals surface area contributed by atoms with Crippen LogP contribution in [0.15, 0.2) is 72.8 Å². The van der Waals surface area contributed by atoms with Crippen molar-refractivity contribution < 1.29 is 14.5 Å². The maximum absolute atomic E-state index is 12.4. The van der Waals surface area contributed by atoms with Crippen LogP contribution in [0.4, 0.5) is 5.69 Å². The number of nitrogens with one attached hydrogen (secondary N) is 1. The third-order valence-electron chi connectivity index (χ3n) is 4.37. The molecule has 0 aliphatic rings. The highest BCUT2D eigenvalue weighted by Gasteiger charge is 2.17. The molecular weight excluding hydrogens is 356 g/mol. The lowest BCUT2D eigenvalue weighted by Gasteiger charge is -2.09. The lowest BCUT2D eigenvalue weighted by Crippen LogP contribution is -2.23. The number of carbonyl (C=O) groups is 1. The predicted octanol–water partition coefficient (Wildman–Crippen LogP) is 4.41. The highest BCUT2D eigenvalue weighted by atomic mass is 16.6. The summed E-state index contributed by atoms with van der Waals surface area (Å²) in [6.07, 6.45) is 0. The summed E-state index contributed by atoms with van der Waals surface area (Å²) < 4.78 is 5.71. The molecule has 0 spiro atoms. The fraction of sp³-hybridized carbons (Fsp3) is 0.136. The van der Waals surface area contributed by atoms with Gasteiger partial charge < -0.3 is 10.1 Å². The van der Waals surface area contributed by atoms with E-state index in [0.29, 0.717) is 24.3 Å². The number of nitro benzene ring substituents is 1. The first kappa shape index (κ1) is 19.1. The van der Waals surface area contributed by atoms with Gasteiger partial charge in [0.25, 0.3) is 11.6 Å². The first-order valence-corrected chi connectivity index (χ1v) is 8.82. The van der Waals surface area contributed by atoms with E-state index in [4.69, 9.17) is 4.74 Å². The van der Waals surface area contributed by atoms with Crippen molar-refractivity contribution in [1.29, 1.82) is 0 Å². The molecule has 6 nitrogen and oxygen atoms in total. The van der Waals surface area contributed by atoms with E-state index in [1.807, 2.05) is 54.6 Å². The molecule has 0 bridgehead atoms. The number of benzene rings is 3. The molecule has 3 rings (SSSR count). The van der Waals surface area contributed by atoms with Crippen molar-refractivity contribution in [3.63, 3.8) is 0 Å². The van der Waals surface area contributed by atoms with Crippen LogP contribution in [0.5, 0.6) is 5.75 Å². The van der Waals surface area contributed by atoms with E-state index in [2.05, 4.69) is 5.32 Å². The average Bonchev–Trinajstić information content (AvgIpc) is 2.72. The lowest BCUT2D eigenvalue weighted by atomic mass is 10.1. The molecule has 6 heteroatoms. The van der Waals surface area contributed by atoms with E-state index in [0.717, 1.165) is 16.9 Å². The van der Waals surface area contributed by atoms with Gasteiger partial charge in [-0.15, -0.1) is 0 Å². The Morgan fingerprint density at radius 1 is 0.964 bits per heavy atom. The van der Waals surface area contributed by atoms with Gasteiger partial charge in [0.2, 0.25) is 0 Å². The SMILES string of the molecule is Cc1c(C(=O)NCc2ccc(COc3ccccc3)cc2)cccc1[N+](=O)[O-]. The Balaban J connectivity index is 1.57. The zero-order valence-corrected chi connectivity index (χ0v) is 15.4. The first-order chi connectivity index (χ1) is 13.5. The van der Waals surface area contributed by atoms with Gasteiger partial charge >= 0.3 is 0 Å². The van der Waals surface area contributed by atoms with Crippen molar-refractivity contribution in [2.75, 3.05) is 0 Å². The molecule has 0 aliphatic heterocycles. The number of ether oxygens (including phenoxy) is 1. The van der Waals surface area contributed by atoms with Crippen molar-refractivity contribution in [3.8, 4) is 5.75 Å².